The normalized spacial score (nSPS) is 14.5. The molecule has 0 saturated heterocycles. The van der Waals surface area contributed by atoms with Gasteiger partial charge in [-0.1, -0.05) is 84.1 Å². The number of hydrogen-bond donors (Lipinski definition) is 0. The van der Waals surface area contributed by atoms with Crippen LogP contribution in [-0.2, 0) is 22.3 Å². The van der Waals surface area contributed by atoms with Gasteiger partial charge in [0.25, 0.3) is 0 Å². The van der Waals surface area contributed by atoms with Crippen LogP contribution < -0.4 is 9.47 Å². The number of alkyl halides is 3. The van der Waals surface area contributed by atoms with E-state index in [1.807, 2.05) is 13.0 Å². The molecule has 0 aliphatic heterocycles. The number of halogens is 3. The van der Waals surface area contributed by atoms with Crippen LogP contribution in [-0.4, -0.2) is 42.9 Å². The zero-order chi connectivity index (χ0) is 38.1. The van der Waals surface area contributed by atoms with Gasteiger partial charge in [0.05, 0.1) is 23.3 Å². The molecular weight excluding hydrogens is 685 g/mol. The molecule has 0 spiro atoms. The van der Waals surface area contributed by atoms with E-state index in [-0.39, 0.29) is 23.8 Å². The van der Waals surface area contributed by atoms with E-state index >= 15 is 0 Å². The van der Waals surface area contributed by atoms with Crippen molar-refractivity contribution < 1.29 is 46.5 Å². The highest BCUT2D eigenvalue weighted by atomic mass is 19.4. The summed E-state index contributed by atoms with van der Waals surface area (Å²) in [6.45, 7) is 4.84. The zero-order valence-corrected chi connectivity index (χ0v) is 31.0. The molecule has 288 valence electrons. The molecule has 1 aliphatic rings. The monoisotopic (exact) mass is 738 g/mol. The highest BCUT2D eigenvalue weighted by Gasteiger charge is 2.42. The van der Waals surface area contributed by atoms with E-state index in [0.29, 0.717) is 49.8 Å². The molecular formula is C43H53F3O7. The second-order valence-electron chi connectivity index (χ2n) is 13.8. The largest absolute Gasteiger partial charge is 0.494 e. The second kappa shape index (κ2) is 21.4. The maximum absolute atomic E-state index is 13.4. The van der Waals surface area contributed by atoms with Crippen LogP contribution in [0.3, 0.4) is 0 Å². The lowest BCUT2D eigenvalue weighted by Crippen LogP contribution is -2.33. The van der Waals surface area contributed by atoms with Gasteiger partial charge in [-0.05, 0) is 104 Å². The summed E-state index contributed by atoms with van der Waals surface area (Å²) in [5, 5.41) is 0. The van der Waals surface area contributed by atoms with Crippen LogP contribution in [0.5, 0.6) is 11.5 Å². The maximum Gasteiger partial charge on any atom is 0.425 e. The Morgan fingerprint density at radius 3 is 1.87 bits per heavy atom. The molecule has 0 radical (unpaired) electrons. The number of esters is 3. The van der Waals surface area contributed by atoms with Crippen LogP contribution in [0.15, 0.2) is 66.7 Å². The predicted octanol–water partition coefficient (Wildman–Crippen LogP) is 11.2. The topological polar surface area (TPSA) is 88.1 Å². The Kier molecular flexibility index (Phi) is 16.7. The summed E-state index contributed by atoms with van der Waals surface area (Å²) >= 11 is 0. The molecule has 3 aromatic rings. The third-order valence-corrected chi connectivity index (χ3v) is 9.49. The third-order valence-electron chi connectivity index (χ3n) is 9.49. The van der Waals surface area contributed by atoms with Gasteiger partial charge in [0, 0.05) is 6.42 Å². The zero-order valence-electron chi connectivity index (χ0n) is 31.0. The number of aryl methyl sites for hydroxylation is 1. The summed E-state index contributed by atoms with van der Waals surface area (Å²) in [5.41, 5.74) is 2.63. The van der Waals surface area contributed by atoms with Gasteiger partial charge in [-0.3, -0.25) is 0 Å². The summed E-state index contributed by atoms with van der Waals surface area (Å²) in [5.74, 6) is -1.24. The molecule has 7 nitrogen and oxygen atoms in total. The van der Waals surface area contributed by atoms with Crippen molar-refractivity contribution in [2.24, 2.45) is 0 Å². The van der Waals surface area contributed by atoms with Gasteiger partial charge in [0.15, 0.2) is 6.10 Å². The fourth-order valence-corrected chi connectivity index (χ4v) is 6.35. The van der Waals surface area contributed by atoms with E-state index in [2.05, 4.69) is 6.92 Å². The molecule has 0 aromatic heterocycles. The highest BCUT2D eigenvalue weighted by Crippen LogP contribution is 2.29. The van der Waals surface area contributed by atoms with Crippen LogP contribution in [0.2, 0.25) is 0 Å². The van der Waals surface area contributed by atoms with Crippen LogP contribution in [0.1, 0.15) is 146 Å². The third kappa shape index (κ3) is 13.9. The first-order chi connectivity index (χ1) is 25.6. The Labute approximate surface area is 311 Å². The Hall–Kier alpha value is -4.34. The van der Waals surface area contributed by atoms with Gasteiger partial charge >= 0.3 is 24.1 Å². The van der Waals surface area contributed by atoms with Crippen molar-refractivity contribution in [2.75, 3.05) is 6.61 Å². The first-order valence-electron chi connectivity index (χ1n) is 19.2. The highest BCUT2D eigenvalue weighted by molar-refractivity contribution is 5.92. The molecule has 10 heteroatoms. The summed E-state index contributed by atoms with van der Waals surface area (Å²) in [7, 11) is 0. The van der Waals surface area contributed by atoms with Gasteiger partial charge in [0.1, 0.15) is 17.6 Å². The molecule has 3 aromatic carbocycles. The lowest BCUT2D eigenvalue weighted by Gasteiger charge is -2.25. The number of fused-ring (bicyclic) bond motifs is 1. The molecule has 53 heavy (non-hydrogen) atoms. The van der Waals surface area contributed by atoms with Gasteiger partial charge in [0.2, 0.25) is 0 Å². The smallest absolute Gasteiger partial charge is 0.425 e. The number of benzene rings is 3. The number of ether oxygens (including phenoxy) is 4. The molecule has 1 unspecified atom stereocenters. The number of hydrogen-bond acceptors (Lipinski definition) is 7. The number of carbonyl (C=O) groups excluding carboxylic acids is 3. The minimum Gasteiger partial charge on any atom is -0.494 e. The van der Waals surface area contributed by atoms with Crippen molar-refractivity contribution >= 4 is 17.9 Å². The number of carbonyl (C=O) groups is 3. The van der Waals surface area contributed by atoms with Gasteiger partial charge in [-0.25, -0.2) is 14.4 Å². The lowest BCUT2D eigenvalue weighted by molar-refractivity contribution is -0.206. The van der Waals surface area contributed by atoms with Crippen LogP contribution in [0.4, 0.5) is 13.2 Å². The van der Waals surface area contributed by atoms with E-state index in [1.54, 1.807) is 36.4 Å². The molecule has 2 atom stereocenters. The fourth-order valence-electron chi connectivity index (χ4n) is 6.35. The minimum absolute atomic E-state index is 0.0768. The summed E-state index contributed by atoms with van der Waals surface area (Å²) in [6.07, 6.45) is 6.81. The quantitative estimate of drug-likeness (QED) is 0.0611. The van der Waals surface area contributed by atoms with Crippen molar-refractivity contribution in [3.8, 4) is 11.5 Å². The molecule has 0 heterocycles. The van der Waals surface area contributed by atoms with Crippen molar-refractivity contribution in [3.05, 3.63) is 94.5 Å². The van der Waals surface area contributed by atoms with E-state index in [9.17, 15) is 27.6 Å². The van der Waals surface area contributed by atoms with Crippen LogP contribution in [0, 0.1) is 0 Å². The Bertz CT molecular complexity index is 1580. The standard InChI is InChI=1S/C43H53F3O7/c1-3-5-7-9-10-11-12-14-28-50-36-23-18-31(19-24-36)40(47)52-38-27-22-33-29-35(17-16-34(33)30-38)42(49)51-37-25-20-32(21-26-37)41(48)53-39(43(44,45)46)15-13-8-6-4-2/h16-21,23-26,29,38-39H,3-15,22,27-28,30H2,1-2H3/t38?,39-/m1/s1. The molecule has 0 N–H and O–H groups in total. The predicted molar refractivity (Wildman–Crippen MR) is 198 cm³/mol. The molecule has 0 amide bonds. The van der Waals surface area contributed by atoms with Crippen molar-refractivity contribution in [1.29, 1.82) is 0 Å². The number of unbranched alkanes of at least 4 members (excludes halogenated alkanes) is 10. The van der Waals surface area contributed by atoms with E-state index < -0.39 is 30.2 Å². The van der Waals surface area contributed by atoms with Crippen molar-refractivity contribution in [3.63, 3.8) is 0 Å². The summed E-state index contributed by atoms with van der Waals surface area (Å²) in [4.78, 5) is 38.3. The Morgan fingerprint density at radius 1 is 0.660 bits per heavy atom. The van der Waals surface area contributed by atoms with E-state index in [4.69, 9.17) is 18.9 Å². The van der Waals surface area contributed by atoms with Gasteiger partial charge in [-0.15, -0.1) is 0 Å². The first-order valence-corrected chi connectivity index (χ1v) is 19.2. The van der Waals surface area contributed by atoms with Crippen molar-refractivity contribution in [1.82, 2.24) is 0 Å². The first kappa shape index (κ1) is 41.4. The van der Waals surface area contributed by atoms with Crippen molar-refractivity contribution in [2.45, 2.75) is 135 Å². The average Bonchev–Trinajstić information content (AvgIpc) is 3.15. The number of rotatable bonds is 21. The van der Waals surface area contributed by atoms with Gasteiger partial charge in [-0.2, -0.15) is 13.2 Å². The van der Waals surface area contributed by atoms with Gasteiger partial charge < -0.3 is 18.9 Å². The Morgan fingerprint density at radius 2 is 1.23 bits per heavy atom. The van der Waals surface area contributed by atoms with E-state index in [0.717, 1.165) is 42.6 Å². The van der Waals surface area contributed by atoms with Crippen LogP contribution in [0.25, 0.3) is 0 Å². The molecule has 0 bridgehead atoms. The molecule has 4 rings (SSSR count). The summed E-state index contributed by atoms with van der Waals surface area (Å²) < 4.78 is 62.3. The average molecular weight is 739 g/mol. The summed E-state index contributed by atoms with van der Waals surface area (Å²) in [6, 6.07) is 17.5. The van der Waals surface area contributed by atoms with E-state index in [1.165, 1.54) is 62.8 Å². The molecule has 0 fully saturated rings. The lowest BCUT2D eigenvalue weighted by atomic mass is 9.88. The molecule has 0 saturated carbocycles. The maximum atomic E-state index is 13.4. The fraction of sp³-hybridized carbons (Fsp3) is 0.512. The SMILES string of the molecule is CCCCCCCCCCOc1ccc(C(=O)OC2CCc3cc(C(=O)Oc4ccc(C(=O)O[C@H](CCCCCC)C(F)(F)F)cc4)ccc3C2)cc1. The second-order valence-corrected chi connectivity index (χ2v) is 13.8. The Balaban J connectivity index is 1.21. The van der Waals surface area contributed by atoms with Crippen LogP contribution >= 0.6 is 0 Å². The molecule has 1 aliphatic carbocycles. The minimum atomic E-state index is -4.66.